The van der Waals surface area contributed by atoms with Gasteiger partial charge in [-0.15, -0.1) is 0 Å². The first kappa shape index (κ1) is 23.4. The number of likely N-dealkylation sites (tertiary alicyclic amines) is 1. The summed E-state index contributed by atoms with van der Waals surface area (Å²) in [5.41, 5.74) is 2.15. The maximum atomic E-state index is 12.6. The predicted octanol–water partition coefficient (Wildman–Crippen LogP) is 2.63. The van der Waals surface area contributed by atoms with Gasteiger partial charge in [-0.2, -0.15) is 0 Å². The molecule has 0 aliphatic carbocycles. The number of rotatable bonds is 10. The summed E-state index contributed by atoms with van der Waals surface area (Å²) in [5, 5.41) is 14.3. The van der Waals surface area contributed by atoms with Gasteiger partial charge in [0.15, 0.2) is 0 Å². The molecule has 1 saturated heterocycles. The molecule has 0 radical (unpaired) electrons. The van der Waals surface area contributed by atoms with Gasteiger partial charge in [-0.05, 0) is 62.5 Å². The Morgan fingerprint density at radius 2 is 1.69 bits per heavy atom. The molecule has 1 aromatic carbocycles. The number of piperidine rings is 1. The number of nitrogens with one attached hydrogen (secondary N) is 1. The van der Waals surface area contributed by atoms with Gasteiger partial charge in [0, 0.05) is 0 Å². The van der Waals surface area contributed by atoms with E-state index in [1.54, 1.807) is 0 Å². The molecule has 0 aromatic heterocycles. The van der Waals surface area contributed by atoms with Crippen molar-refractivity contribution < 1.29 is 19.2 Å². The first-order chi connectivity index (χ1) is 13.7. The molecule has 5 nitrogen and oxygen atoms in total. The summed E-state index contributed by atoms with van der Waals surface area (Å²) in [5.74, 6) is -1.26. The van der Waals surface area contributed by atoms with Gasteiger partial charge < -0.3 is 19.7 Å². The standard InChI is InChI=1S/C24H38N2O3/c1-18(2)17-20-10-12-21(13-11-20)19(3)23(27)25-22(24(28)29)9-8-16-26(4)14-6-5-7-15-26/h10-13,18-19,22H,5-9,14-17H2,1-4H3,(H-,25,27,28,29). The van der Waals surface area contributed by atoms with Crippen molar-refractivity contribution in [3.8, 4) is 0 Å². The van der Waals surface area contributed by atoms with Gasteiger partial charge >= 0.3 is 0 Å². The summed E-state index contributed by atoms with van der Waals surface area (Å²) in [4.78, 5) is 24.2. The number of carboxylic acid groups (broad SMARTS) is 1. The minimum absolute atomic E-state index is 0.255. The monoisotopic (exact) mass is 402 g/mol. The van der Waals surface area contributed by atoms with Crippen LogP contribution < -0.4 is 10.4 Å². The molecular formula is C24H38N2O3. The summed E-state index contributed by atoms with van der Waals surface area (Å²) >= 11 is 0. The quantitative estimate of drug-likeness (QED) is 0.612. The van der Waals surface area contributed by atoms with E-state index in [1.165, 1.54) is 24.8 Å². The van der Waals surface area contributed by atoms with Gasteiger partial charge in [0.05, 0.1) is 44.6 Å². The maximum Gasteiger partial charge on any atom is 0.227 e. The molecule has 1 aliphatic rings. The van der Waals surface area contributed by atoms with Crippen LogP contribution in [0.4, 0.5) is 0 Å². The van der Waals surface area contributed by atoms with E-state index in [0.717, 1.165) is 42.5 Å². The first-order valence-corrected chi connectivity index (χ1v) is 11.1. The van der Waals surface area contributed by atoms with E-state index in [0.29, 0.717) is 12.3 Å². The van der Waals surface area contributed by atoms with Crippen molar-refractivity contribution in [1.82, 2.24) is 5.32 Å². The number of quaternary nitrogens is 1. The third-order valence-electron chi connectivity index (χ3n) is 6.20. The second-order valence-electron chi connectivity index (χ2n) is 9.43. The largest absolute Gasteiger partial charge is 0.548 e. The number of aliphatic carboxylic acids is 1. The van der Waals surface area contributed by atoms with E-state index in [-0.39, 0.29) is 5.91 Å². The summed E-state index contributed by atoms with van der Waals surface area (Å²) in [7, 11) is 2.25. The highest BCUT2D eigenvalue weighted by atomic mass is 16.4. The van der Waals surface area contributed by atoms with Crippen LogP contribution in [-0.4, -0.2) is 49.1 Å². The number of carboxylic acids is 1. The zero-order valence-electron chi connectivity index (χ0n) is 18.6. The zero-order valence-corrected chi connectivity index (χ0v) is 18.6. The lowest BCUT2D eigenvalue weighted by Gasteiger charge is -2.38. The van der Waals surface area contributed by atoms with Crippen LogP contribution >= 0.6 is 0 Å². The van der Waals surface area contributed by atoms with E-state index in [9.17, 15) is 14.7 Å². The second kappa shape index (κ2) is 10.8. The Bertz CT molecular complexity index is 663. The van der Waals surface area contributed by atoms with Gasteiger partial charge in [0.2, 0.25) is 5.91 Å². The van der Waals surface area contributed by atoms with Crippen molar-refractivity contribution in [2.24, 2.45) is 5.92 Å². The first-order valence-electron chi connectivity index (χ1n) is 11.1. The fraction of sp³-hybridized carbons (Fsp3) is 0.667. The topological polar surface area (TPSA) is 69.2 Å². The second-order valence-corrected chi connectivity index (χ2v) is 9.43. The number of amides is 1. The highest BCUT2D eigenvalue weighted by molar-refractivity contribution is 5.87. The minimum atomic E-state index is -1.20. The molecule has 2 unspecified atom stereocenters. The average molecular weight is 403 g/mol. The fourth-order valence-corrected chi connectivity index (χ4v) is 4.29. The van der Waals surface area contributed by atoms with E-state index in [1.807, 2.05) is 19.1 Å². The van der Waals surface area contributed by atoms with Gasteiger partial charge in [-0.3, -0.25) is 4.79 Å². The van der Waals surface area contributed by atoms with E-state index < -0.39 is 17.9 Å². The molecule has 1 N–H and O–H groups in total. The molecule has 29 heavy (non-hydrogen) atoms. The predicted molar refractivity (Wildman–Crippen MR) is 114 cm³/mol. The zero-order chi connectivity index (χ0) is 21.4. The SMILES string of the molecule is CC(C)Cc1ccc(C(C)C(=O)NC(CCC[N+]2(C)CCCCC2)C(=O)[O-])cc1. The Kier molecular flexibility index (Phi) is 8.69. The Balaban J connectivity index is 1.88. The maximum absolute atomic E-state index is 12.6. The minimum Gasteiger partial charge on any atom is -0.548 e. The summed E-state index contributed by atoms with van der Waals surface area (Å²) < 4.78 is 1.01. The highest BCUT2D eigenvalue weighted by Crippen LogP contribution is 2.19. The molecule has 1 fully saturated rings. The Morgan fingerprint density at radius 1 is 1.07 bits per heavy atom. The lowest BCUT2D eigenvalue weighted by atomic mass is 9.96. The normalized spacial score (nSPS) is 18.2. The molecular weight excluding hydrogens is 364 g/mol. The molecule has 2 atom stereocenters. The van der Waals surface area contributed by atoms with Crippen molar-refractivity contribution in [3.63, 3.8) is 0 Å². The molecule has 1 aromatic rings. The van der Waals surface area contributed by atoms with Crippen LogP contribution in [-0.2, 0) is 16.0 Å². The highest BCUT2D eigenvalue weighted by Gasteiger charge is 2.25. The van der Waals surface area contributed by atoms with Gasteiger partial charge in [0.25, 0.3) is 0 Å². The molecule has 1 aliphatic heterocycles. The number of hydrogen-bond donors (Lipinski definition) is 1. The van der Waals surface area contributed by atoms with Crippen LogP contribution in [0.25, 0.3) is 0 Å². The Morgan fingerprint density at radius 3 is 2.24 bits per heavy atom. The molecule has 1 amide bonds. The van der Waals surface area contributed by atoms with Crippen LogP contribution in [0.2, 0.25) is 0 Å². The molecule has 0 spiro atoms. The molecule has 0 bridgehead atoms. The van der Waals surface area contributed by atoms with Crippen molar-refractivity contribution in [3.05, 3.63) is 35.4 Å². The van der Waals surface area contributed by atoms with Crippen LogP contribution in [0, 0.1) is 5.92 Å². The Labute approximate surface area is 176 Å². The van der Waals surface area contributed by atoms with E-state index in [2.05, 4.69) is 38.3 Å². The lowest BCUT2D eigenvalue weighted by molar-refractivity contribution is -0.914. The smallest absolute Gasteiger partial charge is 0.227 e. The summed E-state index contributed by atoms with van der Waals surface area (Å²) in [6.45, 7) is 9.44. The molecule has 2 rings (SSSR count). The third kappa shape index (κ3) is 7.46. The number of benzene rings is 1. The third-order valence-corrected chi connectivity index (χ3v) is 6.20. The molecule has 0 saturated carbocycles. The van der Waals surface area contributed by atoms with Crippen molar-refractivity contribution >= 4 is 11.9 Å². The van der Waals surface area contributed by atoms with Crippen molar-refractivity contribution in [1.29, 1.82) is 0 Å². The number of hydrogen-bond acceptors (Lipinski definition) is 3. The van der Waals surface area contributed by atoms with Gasteiger partial charge in [0.1, 0.15) is 0 Å². The van der Waals surface area contributed by atoms with Gasteiger partial charge in [-0.25, -0.2) is 0 Å². The molecule has 5 heteroatoms. The average Bonchev–Trinajstić information content (AvgIpc) is 2.67. The fourth-order valence-electron chi connectivity index (χ4n) is 4.29. The van der Waals surface area contributed by atoms with Crippen LogP contribution in [0.5, 0.6) is 0 Å². The van der Waals surface area contributed by atoms with Crippen molar-refractivity contribution in [2.75, 3.05) is 26.7 Å². The van der Waals surface area contributed by atoms with Crippen molar-refractivity contribution in [2.45, 2.75) is 71.3 Å². The Hall–Kier alpha value is -1.88. The van der Waals surface area contributed by atoms with Crippen LogP contribution in [0.15, 0.2) is 24.3 Å². The summed E-state index contributed by atoms with van der Waals surface area (Å²) in [6.07, 6.45) is 5.97. The number of carbonyl (C=O) groups excluding carboxylic acids is 2. The van der Waals surface area contributed by atoms with Crippen LogP contribution in [0.1, 0.15) is 69.9 Å². The lowest BCUT2D eigenvalue weighted by Crippen LogP contribution is -2.51. The molecule has 1 heterocycles. The number of carbonyl (C=O) groups is 2. The molecule has 162 valence electrons. The van der Waals surface area contributed by atoms with Crippen LogP contribution in [0.3, 0.4) is 0 Å². The van der Waals surface area contributed by atoms with E-state index in [4.69, 9.17) is 0 Å². The summed E-state index contributed by atoms with van der Waals surface area (Å²) in [6, 6.07) is 7.12. The number of nitrogens with zero attached hydrogens (tertiary/aromatic N) is 1. The van der Waals surface area contributed by atoms with E-state index >= 15 is 0 Å². The van der Waals surface area contributed by atoms with Gasteiger partial charge in [-0.1, -0.05) is 38.1 Å².